The SMILES string of the molecule is O=C(CN1C(=O)c2cc(Cl)c(Cl)cc2C1=O)NCC(c1ccccc1)N1CCOCC1. The first-order valence-electron chi connectivity index (χ1n) is 9.94. The Morgan fingerprint density at radius 2 is 1.58 bits per heavy atom. The van der Waals surface area contributed by atoms with E-state index in [1.54, 1.807) is 0 Å². The number of amides is 3. The number of morpholine rings is 1. The topological polar surface area (TPSA) is 79.0 Å². The summed E-state index contributed by atoms with van der Waals surface area (Å²) in [4.78, 5) is 41.0. The zero-order valence-corrected chi connectivity index (χ0v) is 18.2. The van der Waals surface area contributed by atoms with Crippen LogP contribution < -0.4 is 5.32 Å². The van der Waals surface area contributed by atoms with Gasteiger partial charge >= 0.3 is 0 Å². The van der Waals surface area contributed by atoms with Crippen LogP contribution in [0.15, 0.2) is 42.5 Å². The molecule has 0 spiro atoms. The van der Waals surface area contributed by atoms with Crippen molar-refractivity contribution in [2.24, 2.45) is 0 Å². The maximum atomic E-state index is 12.6. The Hall–Kier alpha value is -2.45. The Labute approximate surface area is 189 Å². The average molecular weight is 462 g/mol. The molecule has 0 radical (unpaired) electrons. The number of nitrogens with one attached hydrogen (secondary N) is 1. The maximum absolute atomic E-state index is 12.6. The Kier molecular flexibility index (Phi) is 6.57. The Balaban J connectivity index is 1.43. The molecule has 1 unspecified atom stereocenters. The van der Waals surface area contributed by atoms with E-state index in [2.05, 4.69) is 10.2 Å². The molecule has 3 amide bonds. The molecule has 0 aliphatic carbocycles. The third-order valence-corrected chi connectivity index (χ3v) is 6.20. The first-order valence-corrected chi connectivity index (χ1v) is 10.7. The number of hydrogen-bond donors (Lipinski definition) is 1. The fourth-order valence-corrected chi connectivity index (χ4v) is 4.19. The minimum atomic E-state index is -0.554. The van der Waals surface area contributed by atoms with E-state index in [-0.39, 0.29) is 33.8 Å². The van der Waals surface area contributed by atoms with Crippen molar-refractivity contribution < 1.29 is 19.1 Å². The van der Waals surface area contributed by atoms with Gasteiger partial charge in [0.2, 0.25) is 5.91 Å². The van der Waals surface area contributed by atoms with Crippen LogP contribution in [0.2, 0.25) is 10.0 Å². The minimum absolute atomic E-state index is 0.0335. The molecule has 162 valence electrons. The predicted molar refractivity (Wildman–Crippen MR) is 116 cm³/mol. The molecule has 2 aliphatic heterocycles. The van der Waals surface area contributed by atoms with Crippen molar-refractivity contribution in [1.82, 2.24) is 15.1 Å². The summed E-state index contributed by atoms with van der Waals surface area (Å²) in [5.41, 5.74) is 1.39. The van der Waals surface area contributed by atoms with Gasteiger partial charge in [-0.2, -0.15) is 0 Å². The van der Waals surface area contributed by atoms with Crippen molar-refractivity contribution in [1.29, 1.82) is 0 Å². The lowest BCUT2D eigenvalue weighted by molar-refractivity contribution is -0.121. The molecule has 0 aromatic heterocycles. The number of rotatable bonds is 6. The van der Waals surface area contributed by atoms with Crippen molar-refractivity contribution in [2.75, 3.05) is 39.4 Å². The minimum Gasteiger partial charge on any atom is -0.379 e. The number of hydrogen-bond acceptors (Lipinski definition) is 5. The Morgan fingerprint density at radius 1 is 1.00 bits per heavy atom. The molecule has 1 N–H and O–H groups in total. The smallest absolute Gasteiger partial charge is 0.262 e. The first-order chi connectivity index (χ1) is 15.0. The Morgan fingerprint density at radius 3 is 2.16 bits per heavy atom. The number of imide groups is 1. The number of ether oxygens (including phenoxy) is 1. The summed E-state index contributed by atoms with van der Waals surface area (Å²) >= 11 is 11.9. The van der Waals surface area contributed by atoms with Gasteiger partial charge in [-0.1, -0.05) is 53.5 Å². The molecule has 2 aromatic rings. The summed E-state index contributed by atoms with van der Waals surface area (Å²) in [5.74, 6) is -1.52. The summed E-state index contributed by atoms with van der Waals surface area (Å²) in [6.07, 6.45) is 0. The first kappa shape index (κ1) is 21.8. The van der Waals surface area contributed by atoms with E-state index >= 15 is 0 Å². The summed E-state index contributed by atoms with van der Waals surface area (Å²) in [6, 6.07) is 12.6. The number of nitrogens with zero attached hydrogens (tertiary/aromatic N) is 2. The molecular formula is C22H21Cl2N3O4. The molecular weight excluding hydrogens is 441 g/mol. The molecule has 4 rings (SSSR count). The quantitative estimate of drug-likeness (QED) is 0.669. The average Bonchev–Trinajstić information content (AvgIpc) is 3.00. The molecule has 1 fully saturated rings. The summed E-state index contributed by atoms with van der Waals surface area (Å²) < 4.78 is 5.44. The monoisotopic (exact) mass is 461 g/mol. The van der Waals surface area contributed by atoms with Crippen molar-refractivity contribution >= 4 is 40.9 Å². The highest BCUT2D eigenvalue weighted by molar-refractivity contribution is 6.43. The zero-order valence-electron chi connectivity index (χ0n) is 16.6. The van der Waals surface area contributed by atoms with Crippen LogP contribution in [0.25, 0.3) is 0 Å². The molecule has 0 bridgehead atoms. The second-order valence-corrected chi connectivity index (χ2v) is 8.20. The van der Waals surface area contributed by atoms with E-state index < -0.39 is 17.7 Å². The van der Waals surface area contributed by atoms with Gasteiger partial charge in [-0.15, -0.1) is 0 Å². The molecule has 7 nitrogen and oxygen atoms in total. The predicted octanol–water partition coefficient (Wildman–Crippen LogP) is 2.78. The molecule has 2 heterocycles. The normalized spacial score (nSPS) is 17.5. The molecule has 9 heteroatoms. The fraction of sp³-hybridized carbons (Fsp3) is 0.318. The van der Waals surface area contributed by atoms with E-state index in [0.717, 1.165) is 23.6 Å². The van der Waals surface area contributed by atoms with Crippen molar-refractivity contribution in [3.05, 3.63) is 69.2 Å². The molecule has 2 aliphatic rings. The third kappa shape index (κ3) is 4.60. The lowest BCUT2D eigenvalue weighted by Crippen LogP contribution is -2.46. The van der Waals surface area contributed by atoms with Crippen LogP contribution in [-0.4, -0.2) is 66.9 Å². The van der Waals surface area contributed by atoms with Gasteiger partial charge in [0, 0.05) is 19.6 Å². The van der Waals surface area contributed by atoms with E-state index in [1.807, 2.05) is 30.3 Å². The van der Waals surface area contributed by atoms with Gasteiger partial charge in [0.25, 0.3) is 11.8 Å². The lowest BCUT2D eigenvalue weighted by Gasteiger charge is -2.35. The summed E-state index contributed by atoms with van der Waals surface area (Å²) in [6.45, 7) is 2.77. The second kappa shape index (κ2) is 9.36. The van der Waals surface area contributed by atoms with E-state index in [4.69, 9.17) is 27.9 Å². The maximum Gasteiger partial charge on any atom is 0.262 e. The van der Waals surface area contributed by atoms with E-state index in [0.29, 0.717) is 19.8 Å². The molecule has 31 heavy (non-hydrogen) atoms. The van der Waals surface area contributed by atoms with Gasteiger partial charge in [0.15, 0.2) is 0 Å². The van der Waals surface area contributed by atoms with Gasteiger partial charge in [-0.05, 0) is 17.7 Å². The van der Waals surface area contributed by atoms with Crippen LogP contribution in [0.4, 0.5) is 0 Å². The van der Waals surface area contributed by atoms with Crippen LogP contribution in [-0.2, 0) is 9.53 Å². The van der Waals surface area contributed by atoms with Crippen LogP contribution in [0.5, 0.6) is 0 Å². The number of carbonyl (C=O) groups excluding carboxylic acids is 3. The third-order valence-electron chi connectivity index (χ3n) is 5.48. The highest BCUT2D eigenvalue weighted by Gasteiger charge is 2.37. The molecule has 1 atom stereocenters. The second-order valence-electron chi connectivity index (χ2n) is 7.39. The number of carbonyl (C=O) groups is 3. The summed E-state index contributed by atoms with van der Waals surface area (Å²) in [7, 11) is 0. The van der Waals surface area contributed by atoms with E-state index in [1.165, 1.54) is 12.1 Å². The number of benzene rings is 2. The standard InChI is InChI=1S/C22H21Cl2N3O4/c23-17-10-15-16(11-18(17)24)22(30)27(21(15)29)13-20(28)25-12-19(14-4-2-1-3-5-14)26-6-8-31-9-7-26/h1-5,10-11,19H,6-9,12-13H2,(H,25,28). The lowest BCUT2D eigenvalue weighted by atomic mass is 10.0. The molecule has 0 saturated carbocycles. The number of fused-ring (bicyclic) bond motifs is 1. The van der Waals surface area contributed by atoms with Gasteiger partial charge in [-0.3, -0.25) is 24.2 Å². The summed E-state index contributed by atoms with van der Waals surface area (Å²) in [5, 5.41) is 3.25. The van der Waals surface area contributed by atoms with Crippen LogP contribution in [0.1, 0.15) is 32.3 Å². The highest BCUT2D eigenvalue weighted by atomic mass is 35.5. The van der Waals surface area contributed by atoms with Crippen LogP contribution >= 0.6 is 23.2 Å². The van der Waals surface area contributed by atoms with Crippen LogP contribution in [0, 0.1) is 0 Å². The van der Waals surface area contributed by atoms with Crippen molar-refractivity contribution in [3.63, 3.8) is 0 Å². The van der Waals surface area contributed by atoms with Crippen molar-refractivity contribution in [2.45, 2.75) is 6.04 Å². The van der Waals surface area contributed by atoms with Gasteiger partial charge in [-0.25, -0.2) is 0 Å². The fourth-order valence-electron chi connectivity index (χ4n) is 3.86. The van der Waals surface area contributed by atoms with Crippen LogP contribution in [0.3, 0.4) is 0 Å². The Bertz CT molecular complexity index is 968. The molecule has 1 saturated heterocycles. The zero-order chi connectivity index (χ0) is 22.0. The number of halogens is 2. The van der Waals surface area contributed by atoms with Gasteiger partial charge in [0.1, 0.15) is 6.54 Å². The highest BCUT2D eigenvalue weighted by Crippen LogP contribution is 2.31. The van der Waals surface area contributed by atoms with Gasteiger partial charge < -0.3 is 10.1 Å². The van der Waals surface area contributed by atoms with Gasteiger partial charge in [0.05, 0.1) is 40.4 Å². The largest absolute Gasteiger partial charge is 0.379 e. The molecule has 2 aromatic carbocycles. The van der Waals surface area contributed by atoms with Crippen molar-refractivity contribution in [3.8, 4) is 0 Å². The van der Waals surface area contributed by atoms with E-state index in [9.17, 15) is 14.4 Å².